The fourth-order valence-corrected chi connectivity index (χ4v) is 4.46. The minimum Gasteiger partial charge on any atom is -0.495 e. The molecule has 0 radical (unpaired) electrons. The molecule has 0 saturated carbocycles. The number of carbonyl (C=O) groups excluding carboxylic acids is 2. The zero-order valence-electron chi connectivity index (χ0n) is 22.0. The first-order valence-corrected chi connectivity index (χ1v) is 13.2. The van der Waals surface area contributed by atoms with E-state index in [0.717, 1.165) is 6.07 Å². The summed E-state index contributed by atoms with van der Waals surface area (Å²) in [6.45, 7) is 5.91. The van der Waals surface area contributed by atoms with Crippen LogP contribution in [0.15, 0.2) is 57.8 Å². The first-order chi connectivity index (χ1) is 18.2. The maximum atomic E-state index is 14.8. The molecular formula is C26H30FN3O8S. The van der Waals surface area contributed by atoms with Crippen molar-refractivity contribution < 1.29 is 41.4 Å². The van der Waals surface area contributed by atoms with Crippen molar-refractivity contribution in [2.45, 2.75) is 44.2 Å². The zero-order valence-corrected chi connectivity index (χ0v) is 22.8. The number of furan rings is 1. The number of amides is 2. The van der Waals surface area contributed by atoms with E-state index < -0.39 is 46.1 Å². The number of sulfonamides is 1. The SMILES string of the molecule is COc1ccc(NC(=O)[C@H](CO)NC(=O)OC(C)(C)C)cc1NS(=O)(=O)c1ccc(-c2ccc(C)o2)c(F)c1. The molecule has 0 aliphatic carbocycles. The molecule has 4 N–H and O–H groups in total. The number of hydrogen-bond acceptors (Lipinski definition) is 8. The normalized spacial score (nSPS) is 12.4. The van der Waals surface area contributed by atoms with Crippen molar-refractivity contribution in [2.75, 3.05) is 23.8 Å². The van der Waals surface area contributed by atoms with E-state index in [0.29, 0.717) is 5.76 Å². The fraction of sp³-hybridized carbons (Fsp3) is 0.308. The van der Waals surface area contributed by atoms with Gasteiger partial charge in [-0.1, -0.05) is 0 Å². The highest BCUT2D eigenvalue weighted by atomic mass is 32.2. The number of benzene rings is 2. The van der Waals surface area contributed by atoms with Crippen LogP contribution >= 0.6 is 0 Å². The van der Waals surface area contributed by atoms with Gasteiger partial charge in [-0.2, -0.15) is 0 Å². The second-order valence-corrected chi connectivity index (χ2v) is 11.1. The number of ether oxygens (including phenoxy) is 2. The van der Waals surface area contributed by atoms with Crippen LogP contribution in [0.2, 0.25) is 0 Å². The highest BCUT2D eigenvalue weighted by Crippen LogP contribution is 2.32. The lowest BCUT2D eigenvalue weighted by Crippen LogP contribution is -2.47. The molecule has 0 unspecified atom stereocenters. The molecule has 11 nitrogen and oxygen atoms in total. The first kappa shape index (κ1) is 29.5. The first-order valence-electron chi connectivity index (χ1n) is 11.7. The highest BCUT2D eigenvalue weighted by Gasteiger charge is 2.25. The average molecular weight is 564 g/mol. The van der Waals surface area contributed by atoms with Gasteiger partial charge in [0.2, 0.25) is 5.91 Å². The molecule has 13 heteroatoms. The van der Waals surface area contributed by atoms with Gasteiger partial charge in [-0.25, -0.2) is 17.6 Å². The van der Waals surface area contributed by atoms with Crippen LogP contribution in [0.4, 0.5) is 20.6 Å². The van der Waals surface area contributed by atoms with Gasteiger partial charge in [0.15, 0.2) is 0 Å². The summed E-state index contributed by atoms with van der Waals surface area (Å²) in [5, 5.41) is 14.3. The molecule has 1 aromatic heterocycles. The predicted octanol–water partition coefficient (Wildman–Crippen LogP) is 4.03. The average Bonchev–Trinajstić information content (AvgIpc) is 3.27. The molecule has 3 rings (SSSR count). The number of aliphatic hydroxyl groups is 1. The van der Waals surface area contributed by atoms with Crippen LogP contribution in [-0.4, -0.2) is 50.9 Å². The van der Waals surface area contributed by atoms with Gasteiger partial charge in [0.05, 0.1) is 29.9 Å². The van der Waals surface area contributed by atoms with Crippen molar-refractivity contribution in [1.82, 2.24) is 5.32 Å². The molecule has 0 saturated heterocycles. The summed E-state index contributed by atoms with van der Waals surface area (Å²) >= 11 is 0. The lowest BCUT2D eigenvalue weighted by molar-refractivity contribution is -0.119. The van der Waals surface area contributed by atoms with Gasteiger partial charge >= 0.3 is 6.09 Å². The molecule has 2 amide bonds. The fourth-order valence-electron chi connectivity index (χ4n) is 3.38. The van der Waals surface area contributed by atoms with Crippen molar-refractivity contribution >= 4 is 33.4 Å². The van der Waals surface area contributed by atoms with Crippen LogP contribution in [0.5, 0.6) is 5.75 Å². The molecule has 0 aliphatic heterocycles. The van der Waals surface area contributed by atoms with E-state index in [2.05, 4.69) is 15.4 Å². The van der Waals surface area contributed by atoms with E-state index in [1.54, 1.807) is 39.8 Å². The third-order valence-electron chi connectivity index (χ3n) is 5.16. The van der Waals surface area contributed by atoms with Crippen LogP contribution in [-0.2, 0) is 19.6 Å². The number of rotatable bonds is 9. The van der Waals surface area contributed by atoms with E-state index in [4.69, 9.17) is 13.9 Å². The molecule has 3 aromatic rings. The molecule has 210 valence electrons. The maximum absolute atomic E-state index is 14.8. The Labute approximate surface area is 225 Å². The van der Waals surface area contributed by atoms with E-state index in [9.17, 15) is 27.5 Å². The van der Waals surface area contributed by atoms with Gasteiger partial charge < -0.3 is 29.6 Å². The van der Waals surface area contributed by atoms with E-state index >= 15 is 0 Å². The standard InChI is InChI=1S/C26H30FN3O8S/c1-15-6-10-22(37-15)18-9-8-17(13-19(18)27)39(34,35)30-20-12-16(7-11-23(20)36-5)28-24(32)21(14-31)29-25(33)38-26(2,3)4/h6-13,21,30-31H,14H2,1-5H3,(H,28,32)(H,29,33)/t21-/m0/s1. The van der Waals surface area contributed by atoms with Crippen molar-refractivity contribution in [3.63, 3.8) is 0 Å². The van der Waals surface area contributed by atoms with Crippen molar-refractivity contribution in [2.24, 2.45) is 0 Å². The summed E-state index contributed by atoms with van der Waals surface area (Å²) in [6.07, 6.45) is -0.902. The number of anilines is 2. The van der Waals surface area contributed by atoms with E-state index in [1.165, 1.54) is 37.4 Å². The Morgan fingerprint density at radius 2 is 1.82 bits per heavy atom. The third kappa shape index (κ3) is 7.71. The van der Waals surface area contributed by atoms with Crippen molar-refractivity contribution in [1.29, 1.82) is 0 Å². The number of methoxy groups -OCH3 is 1. The molecule has 39 heavy (non-hydrogen) atoms. The summed E-state index contributed by atoms with van der Waals surface area (Å²) < 4.78 is 58.9. The minimum absolute atomic E-state index is 0.0536. The second-order valence-electron chi connectivity index (χ2n) is 9.44. The molecule has 1 heterocycles. The summed E-state index contributed by atoms with van der Waals surface area (Å²) in [5.41, 5.74) is -0.647. The maximum Gasteiger partial charge on any atom is 0.408 e. The quantitative estimate of drug-likeness (QED) is 0.304. The molecular weight excluding hydrogens is 533 g/mol. The van der Waals surface area contributed by atoms with Gasteiger partial charge in [0, 0.05) is 5.69 Å². The minimum atomic E-state index is -4.29. The van der Waals surface area contributed by atoms with E-state index in [-0.39, 0.29) is 33.3 Å². The lowest BCUT2D eigenvalue weighted by atomic mass is 10.1. The van der Waals surface area contributed by atoms with Gasteiger partial charge in [-0.3, -0.25) is 9.52 Å². The number of aliphatic hydroxyl groups excluding tert-OH is 1. The number of alkyl carbamates (subject to hydrolysis) is 1. The smallest absolute Gasteiger partial charge is 0.408 e. The van der Waals surface area contributed by atoms with Gasteiger partial charge in [0.1, 0.15) is 34.7 Å². The third-order valence-corrected chi connectivity index (χ3v) is 6.52. The van der Waals surface area contributed by atoms with Crippen molar-refractivity contribution in [3.05, 3.63) is 60.1 Å². The van der Waals surface area contributed by atoms with Crippen LogP contribution in [0, 0.1) is 12.7 Å². The van der Waals surface area contributed by atoms with E-state index in [1.807, 2.05) is 0 Å². The highest BCUT2D eigenvalue weighted by molar-refractivity contribution is 7.92. The summed E-state index contributed by atoms with van der Waals surface area (Å²) in [4.78, 5) is 24.3. The van der Waals surface area contributed by atoms with Gasteiger partial charge in [0.25, 0.3) is 10.0 Å². The van der Waals surface area contributed by atoms with Crippen LogP contribution < -0.4 is 20.1 Å². The Balaban J connectivity index is 1.80. The molecule has 0 spiro atoms. The Morgan fingerprint density at radius 1 is 1.10 bits per heavy atom. The summed E-state index contributed by atoms with van der Waals surface area (Å²) in [5.74, 6) is -0.631. The molecule has 1 atom stereocenters. The molecule has 0 bridgehead atoms. The number of carbonyl (C=O) groups is 2. The summed E-state index contributed by atoms with van der Waals surface area (Å²) in [7, 11) is -2.97. The number of aryl methyl sites for hydroxylation is 1. The van der Waals surface area contributed by atoms with Crippen LogP contribution in [0.3, 0.4) is 0 Å². The Bertz CT molecular complexity index is 1460. The monoisotopic (exact) mass is 563 g/mol. The molecule has 0 fully saturated rings. The number of halogens is 1. The Kier molecular flexibility index (Phi) is 8.87. The van der Waals surface area contributed by atoms with Gasteiger partial charge in [-0.05, 0) is 76.2 Å². The van der Waals surface area contributed by atoms with Crippen molar-refractivity contribution in [3.8, 4) is 17.1 Å². The Hall–Kier alpha value is -4.10. The second kappa shape index (κ2) is 11.7. The number of hydrogen-bond donors (Lipinski definition) is 4. The lowest BCUT2D eigenvalue weighted by Gasteiger charge is -2.22. The molecule has 2 aromatic carbocycles. The van der Waals surface area contributed by atoms with Crippen LogP contribution in [0.25, 0.3) is 11.3 Å². The van der Waals surface area contributed by atoms with Crippen LogP contribution in [0.1, 0.15) is 26.5 Å². The Morgan fingerprint density at radius 3 is 2.38 bits per heavy atom. The predicted molar refractivity (Wildman–Crippen MR) is 142 cm³/mol. The summed E-state index contributed by atoms with van der Waals surface area (Å²) in [6, 6.07) is 9.37. The molecule has 0 aliphatic rings. The topological polar surface area (TPSA) is 156 Å². The number of nitrogens with one attached hydrogen (secondary N) is 3. The largest absolute Gasteiger partial charge is 0.495 e. The van der Waals surface area contributed by atoms with Gasteiger partial charge in [-0.15, -0.1) is 0 Å². The zero-order chi connectivity index (χ0) is 29.0.